The quantitative estimate of drug-likeness (QED) is 0.149. The third-order valence-corrected chi connectivity index (χ3v) is 12.7. The second-order valence-corrected chi connectivity index (χ2v) is 17.3. The molecule has 262 valence electrons. The van der Waals surface area contributed by atoms with Gasteiger partial charge in [0.15, 0.2) is 0 Å². The molecule has 2 saturated carbocycles. The summed E-state index contributed by atoms with van der Waals surface area (Å²) in [6.07, 6.45) is 29.9. The van der Waals surface area contributed by atoms with Crippen LogP contribution in [0.3, 0.4) is 0 Å². The summed E-state index contributed by atoms with van der Waals surface area (Å²) in [6.45, 7) is 14.1. The predicted octanol–water partition coefficient (Wildman–Crippen LogP) is 13.4. The highest BCUT2D eigenvalue weighted by molar-refractivity contribution is 5.76. The zero-order valence-electron chi connectivity index (χ0n) is 31.6. The average molecular weight is 671 g/mol. The molecular weight excluding hydrogens is 613 g/mol. The van der Waals surface area contributed by atoms with Crippen LogP contribution in [0.5, 0.6) is 0 Å². The SMILES string of the molecule is C#Cc1ccc(CC2CCC(C(C(=C)CCc3ccccc3)c3ccc(C4=CC(C)C=C4)cc3)CC2)cc1C1CCC2C(=CC=C2C(C)(C)C)C1. The molecule has 0 aromatic heterocycles. The molecule has 4 unspecified atom stereocenters. The van der Waals surface area contributed by atoms with E-state index in [1.807, 2.05) is 0 Å². The Morgan fingerprint density at radius 2 is 1.65 bits per heavy atom. The molecule has 0 nitrogen and oxygen atoms in total. The molecular formula is C51H58. The molecule has 7 rings (SSSR count). The van der Waals surface area contributed by atoms with E-state index in [-0.39, 0.29) is 5.41 Å². The van der Waals surface area contributed by atoms with Gasteiger partial charge in [-0.25, -0.2) is 0 Å². The summed E-state index contributed by atoms with van der Waals surface area (Å²) in [5.74, 6) is 6.51. The van der Waals surface area contributed by atoms with E-state index in [9.17, 15) is 0 Å². The Labute approximate surface area is 309 Å². The van der Waals surface area contributed by atoms with Gasteiger partial charge in [-0.05, 0) is 133 Å². The number of fused-ring (bicyclic) bond motifs is 1. The van der Waals surface area contributed by atoms with Gasteiger partial charge >= 0.3 is 0 Å². The summed E-state index contributed by atoms with van der Waals surface area (Å²) in [7, 11) is 0. The van der Waals surface area contributed by atoms with Crippen LogP contribution in [-0.4, -0.2) is 0 Å². The lowest BCUT2D eigenvalue weighted by Gasteiger charge is -2.36. The van der Waals surface area contributed by atoms with Gasteiger partial charge in [0.05, 0.1) is 0 Å². The van der Waals surface area contributed by atoms with Crippen molar-refractivity contribution in [3.63, 3.8) is 0 Å². The number of rotatable bonds is 10. The Kier molecular flexibility index (Phi) is 10.6. The standard InChI is InChI=1S/C51H58/c1-7-40-20-18-39(33-48(40)46-27-29-47-45(34-46)28-30-49(47)51(4,5)6)32-38-16-21-42(22-17-38)50(36(3)14-15-37-11-9-8-10-12-37)43-25-23-41(24-26-43)44-19-13-35(2)31-44/h1,8-13,18-20,23-26,28,30-31,33,35,38,42,46-47,50H,3,14-17,21-22,27,29,32,34H2,2,4-6H3. The van der Waals surface area contributed by atoms with Crippen molar-refractivity contribution in [1.29, 1.82) is 0 Å². The van der Waals surface area contributed by atoms with Crippen LogP contribution in [0, 0.1) is 41.4 Å². The molecule has 4 aliphatic rings. The number of hydrogen-bond donors (Lipinski definition) is 0. The highest BCUT2D eigenvalue weighted by Gasteiger charge is 2.36. The second kappa shape index (κ2) is 15.3. The fourth-order valence-electron chi connectivity index (χ4n) is 9.91. The van der Waals surface area contributed by atoms with Gasteiger partial charge in [-0.15, -0.1) is 6.42 Å². The molecule has 3 aromatic rings. The van der Waals surface area contributed by atoms with Crippen LogP contribution in [0.25, 0.3) is 5.57 Å². The van der Waals surface area contributed by atoms with Crippen molar-refractivity contribution in [2.45, 2.75) is 104 Å². The minimum absolute atomic E-state index is 0.239. The van der Waals surface area contributed by atoms with Crippen LogP contribution < -0.4 is 0 Å². The number of hydrogen-bond acceptors (Lipinski definition) is 0. The molecule has 0 heteroatoms. The molecule has 0 N–H and O–H groups in total. The average Bonchev–Trinajstić information content (AvgIpc) is 3.78. The normalized spacial score (nSPS) is 25.0. The summed E-state index contributed by atoms with van der Waals surface area (Å²) in [5.41, 5.74) is 14.4. The third-order valence-electron chi connectivity index (χ3n) is 12.7. The first-order chi connectivity index (χ1) is 24.7. The van der Waals surface area contributed by atoms with Crippen molar-refractivity contribution in [2.24, 2.45) is 29.1 Å². The van der Waals surface area contributed by atoms with Crippen molar-refractivity contribution in [1.82, 2.24) is 0 Å². The van der Waals surface area contributed by atoms with Crippen molar-refractivity contribution >= 4 is 5.57 Å². The van der Waals surface area contributed by atoms with Crippen molar-refractivity contribution < 1.29 is 0 Å². The number of allylic oxidation sites excluding steroid dienone is 9. The van der Waals surface area contributed by atoms with Gasteiger partial charge in [-0.1, -0.05) is 154 Å². The van der Waals surface area contributed by atoms with Gasteiger partial charge in [0.25, 0.3) is 0 Å². The highest BCUT2D eigenvalue weighted by Crippen LogP contribution is 2.50. The van der Waals surface area contributed by atoms with E-state index in [4.69, 9.17) is 13.0 Å². The summed E-state index contributed by atoms with van der Waals surface area (Å²) < 4.78 is 0. The Morgan fingerprint density at radius 1 is 0.882 bits per heavy atom. The van der Waals surface area contributed by atoms with Gasteiger partial charge < -0.3 is 0 Å². The molecule has 2 fully saturated rings. The second-order valence-electron chi connectivity index (χ2n) is 17.3. The number of aryl methyl sites for hydroxylation is 1. The minimum Gasteiger partial charge on any atom is -0.115 e. The molecule has 0 radical (unpaired) electrons. The van der Waals surface area contributed by atoms with Crippen molar-refractivity contribution in [3.05, 3.63) is 160 Å². The minimum atomic E-state index is 0.239. The monoisotopic (exact) mass is 670 g/mol. The molecule has 4 aliphatic carbocycles. The van der Waals surface area contributed by atoms with Crippen LogP contribution in [0.1, 0.15) is 124 Å². The molecule has 0 amide bonds. The summed E-state index contributed by atoms with van der Waals surface area (Å²) in [4.78, 5) is 0. The molecule has 51 heavy (non-hydrogen) atoms. The maximum atomic E-state index is 6.11. The fraction of sp³-hybridized carbons (Fsp3) is 0.412. The maximum Gasteiger partial charge on any atom is 0.0277 e. The Morgan fingerprint density at radius 3 is 2.33 bits per heavy atom. The first-order valence-electron chi connectivity index (χ1n) is 19.9. The lowest BCUT2D eigenvalue weighted by Crippen LogP contribution is -2.23. The zero-order chi connectivity index (χ0) is 35.5. The van der Waals surface area contributed by atoms with Gasteiger partial charge in [-0.3, -0.25) is 0 Å². The number of benzene rings is 3. The van der Waals surface area contributed by atoms with Crippen LogP contribution in [0.15, 0.2) is 126 Å². The Bertz CT molecular complexity index is 1870. The van der Waals surface area contributed by atoms with E-state index >= 15 is 0 Å². The molecule has 0 aliphatic heterocycles. The number of terminal acetylenes is 1. The van der Waals surface area contributed by atoms with Crippen LogP contribution >= 0.6 is 0 Å². The molecule has 3 aromatic carbocycles. The van der Waals surface area contributed by atoms with E-state index in [0.29, 0.717) is 29.6 Å². The van der Waals surface area contributed by atoms with Crippen LogP contribution in [0.4, 0.5) is 0 Å². The Balaban J connectivity index is 1.02. The lowest BCUT2D eigenvalue weighted by molar-refractivity contribution is 0.252. The third kappa shape index (κ3) is 8.05. The van der Waals surface area contributed by atoms with Gasteiger partial charge in [0.1, 0.15) is 0 Å². The summed E-state index contributed by atoms with van der Waals surface area (Å²) >= 11 is 0. The van der Waals surface area contributed by atoms with E-state index in [2.05, 4.69) is 137 Å². The van der Waals surface area contributed by atoms with Crippen LogP contribution in [-0.2, 0) is 12.8 Å². The highest BCUT2D eigenvalue weighted by atomic mass is 14.4. The Hall–Kier alpha value is -4.08. The summed E-state index contributed by atoms with van der Waals surface area (Å²) in [6, 6.07) is 27.5. The molecule has 0 saturated heterocycles. The first kappa shape index (κ1) is 35.3. The first-order valence-corrected chi connectivity index (χ1v) is 19.9. The van der Waals surface area contributed by atoms with E-state index in [0.717, 1.165) is 37.2 Å². The molecule has 0 spiro atoms. The molecule has 0 heterocycles. The molecule has 4 atom stereocenters. The smallest absolute Gasteiger partial charge is 0.0277 e. The van der Waals surface area contributed by atoms with Crippen molar-refractivity contribution in [2.75, 3.05) is 0 Å². The molecule has 0 bridgehead atoms. The summed E-state index contributed by atoms with van der Waals surface area (Å²) in [5, 5.41) is 0. The van der Waals surface area contributed by atoms with Gasteiger partial charge in [-0.2, -0.15) is 0 Å². The lowest BCUT2D eigenvalue weighted by atomic mass is 9.68. The zero-order valence-corrected chi connectivity index (χ0v) is 31.6. The maximum absolute atomic E-state index is 6.11. The van der Waals surface area contributed by atoms with E-state index < -0.39 is 0 Å². The van der Waals surface area contributed by atoms with E-state index in [1.54, 1.807) is 11.1 Å². The van der Waals surface area contributed by atoms with Crippen molar-refractivity contribution in [3.8, 4) is 12.3 Å². The van der Waals surface area contributed by atoms with Crippen LogP contribution in [0.2, 0.25) is 0 Å². The topological polar surface area (TPSA) is 0 Å². The van der Waals surface area contributed by atoms with Gasteiger partial charge in [0, 0.05) is 17.4 Å². The largest absolute Gasteiger partial charge is 0.115 e. The fourth-order valence-corrected chi connectivity index (χ4v) is 9.91. The predicted molar refractivity (Wildman–Crippen MR) is 219 cm³/mol. The van der Waals surface area contributed by atoms with Gasteiger partial charge in [0.2, 0.25) is 0 Å². The van der Waals surface area contributed by atoms with E-state index in [1.165, 1.54) is 77.5 Å².